The summed E-state index contributed by atoms with van der Waals surface area (Å²) in [6, 6.07) is 0. The van der Waals surface area contributed by atoms with Crippen molar-refractivity contribution in [2.24, 2.45) is 0 Å². The molecule has 1 aromatic heterocycles. The number of nitrogens with one attached hydrogen (secondary N) is 1. The molecule has 1 aromatic rings. The summed E-state index contributed by atoms with van der Waals surface area (Å²) in [6.07, 6.45) is 2.60. The Bertz CT molecular complexity index is 433. The first-order chi connectivity index (χ1) is 8.60. The third kappa shape index (κ3) is 4.10. The molecule has 0 atom stereocenters. The fourth-order valence-electron chi connectivity index (χ4n) is 1.50. The quantitative estimate of drug-likeness (QED) is 0.833. The predicted molar refractivity (Wildman–Crippen MR) is 78.1 cm³/mol. The Morgan fingerprint density at radius 3 is 2.83 bits per heavy atom. The van der Waals surface area contributed by atoms with Crippen molar-refractivity contribution >= 4 is 21.6 Å². The number of aryl methyl sites for hydroxylation is 1. The van der Waals surface area contributed by atoms with Gasteiger partial charge in [0.2, 0.25) is 0 Å². The van der Waals surface area contributed by atoms with Crippen molar-refractivity contribution in [2.45, 2.75) is 26.8 Å². The van der Waals surface area contributed by atoms with E-state index in [1.54, 1.807) is 6.20 Å². The van der Waals surface area contributed by atoms with Crippen molar-refractivity contribution in [1.29, 1.82) is 0 Å². The van der Waals surface area contributed by atoms with E-state index in [0.29, 0.717) is 11.0 Å². The van der Waals surface area contributed by atoms with Crippen LogP contribution in [0.2, 0.25) is 0 Å². The molecule has 18 heavy (non-hydrogen) atoms. The van der Waals surface area contributed by atoms with Crippen LogP contribution in [0.4, 0.5) is 5.69 Å². The third-order valence-electron chi connectivity index (χ3n) is 2.77. The topological polar surface area (TPSA) is 50.2 Å². The van der Waals surface area contributed by atoms with Gasteiger partial charge in [0, 0.05) is 19.6 Å². The van der Waals surface area contributed by atoms with Crippen molar-refractivity contribution in [1.82, 2.24) is 14.7 Å². The molecule has 0 radical (unpaired) electrons. The van der Waals surface area contributed by atoms with E-state index in [4.69, 9.17) is 0 Å². The van der Waals surface area contributed by atoms with Gasteiger partial charge in [0.15, 0.2) is 0 Å². The van der Waals surface area contributed by atoms with Crippen molar-refractivity contribution in [2.75, 3.05) is 32.0 Å². The molecule has 0 aliphatic heterocycles. The molecule has 102 valence electrons. The largest absolute Gasteiger partial charge is 0.381 e. The summed E-state index contributed by atoms with van der Waals surface area (Å²) in [7, 11) is 2.06. The lowest BCUT2D eigenvalue weighted by atomic mass is 10.4. The first-order valence-corrected chi connectivity index (χ1v) is 7.07. The Hall–Kier alpha value is -0.880. The van der Waals surface area contributed by atoms with E-state index in [9.17, 15) is 4.79 Å². The van der Waals surface area contributed by atoms with Gasteiger partial charge in [-0.2, -0.15) is 5.10 Å². The van der Waals surface area contributed by atoms with E-state index in [1.165, 1.54) is 4.68 Å². The fourth-order valence-corrected chi connectivity index (χ4v) is 1.95. The maximum absolute atomic E-state index is 11.9. The maximum Gasteiger partial charge on any atom is 0.283 e. The minimum absolute atomic E-state index is 0.0781. The number of halogens is 1. The lowest BCUT2D eigenvalue weighted by Crippen LogP contribution is -2.27. The summed E-state index contributed by atoms with van der Waals surface area (Å²) < 4.78 is 2.04. The molecule has 5 nitrogen and oxygen atoms in total. The van der Waals surface area contributed by atoms with Gasteiger partial charge in [-0.1, -0.05) is 13.8 Å². The zero-order valence-electron chi connectivity index (χ0n) is 11.2. The van der Waals surface area contributed by atoms with Gasteiger partial charge in [-0.25, -0.2) is 4.68 Å². The first kappa shape index (κ1) is 15.2. The summed E-state index contributed by atoms with van der Waals surface area (Å²) in [5, 5.41) is 7.37. The van der Waals surface area contributed by atoms with E-state index in [2.05, 4.69) is 45.2 Å². The highest BCUT2D eigenvalue weighted by Gasteiger charge is 2.07. The molecule has 1 N–H and O–H groups in total. The van der Waals surface area contributed by atoms with Crippen LogP contribution in [-0.2, 0) is 6.54 Å². The Morgan fingerprint density at radius 2 is 2.22 bits per heavy atom. The van der Waals surface area contributed by atoms with E-state index < -0.39 is 0 Å². The molecular formula is C12H21BrN4O. The van der Waals surface area contributed by atoms with Gasteiger partial charge in [-0.3, -0.25) is 4.79 Å². The fraction of sp³-hybridized carbons (Fsp3) is 0.667. The van der Waals surface area contributed by atoms with Crippen LogP contribution in [0.15, 0.2) is 15.5 Å². The number of hydrogen-bond acceptors (Lipinski definition) is 4. The summed E-state index contributed by atoms with van der Waals surface area (Å²) >= 11 is 3.34. The Balaban J connectivity index is 2.68. The van der Waals surface area contributed by atoms with Gasteiger partial charge in [-0.05, 0) is 35.9 Å². The highest BCUT2D eigenvalue weighted by Crippen LogP contribution is 2.15. The normalized spacial score (nSPS) is 10.9. The molecule has 1 heterocycles. The average molecular weight is 317 g/mol. The number of anilines is 1. The van der Waals surface area contributed by atoms with E-state index in [1.807, 2.05) is 6.92 Å². The minimum Gasteiger partial charge on any atom is -0.381 e. The molecule has 0 spiro atoms. The first-order valence-electron chi connectivity index (χ1n) is 6.28. The molecule has 0 unspecified atom stereocenters. The monoisotopic (exact) mass is 316 g/mol. The second-order valence-electron chi connectivity index (χ2n) is 4.22. The molecule has 0 bridgehead atoms. The molecule has 6 heteroatoms. The zero-order valence-corrected chi connectivity index (χ0v) is 12.8. The summed E-state index contributed by atoms with van der Waals surface area (Å²) in [5.74, 6) is 0. The van der Waals surface area contributed by atoms with Crippen molar-refractivity contribution < 1.29 is 0 Å². The number of nitrogens with zero attached hydrogens (tertiary/aromatic N) is 3. The van der Waals surface area contributed by atoms with Gasteiger partial charge >= 0.3 is 0 Å². The van der Waals surface area contributed by atoms with Crippen LogP contribution in [0.1, 0.15) is 20.3 Å². The molecule has 0 aromatic carbocycles. The van der Waals surface area contributed by atoms with Gasteiger partial charge in [0.1, 0.15) is 4.47 Å². The maximum atomic E-state index is 11.9. The third-order valence-corrected chi connectivity index (χ3v) is 3.54. The number of aromatic nitrogens is 2. The smallest absolute Gasteiger partial charge is 0.283 e. The summed E-state index contributed by atoms with van der Waals surface area (Å²) in [6.45, 7) is 7.52. The summed E-state index contributed by atoms with van der Waals surface area (Å²) in [4.78, 5) is 14.1. The molecule has 0 amide bonds. The Morgan fingerprint density at radius 1 is 1.50 bits per heavy atom. The lowest BCUT2D eigenvalue weighted by Gasteiger charge is -2.15. The zero-order chi connectivity index (χ0) is 13.5. The van der Waals surface area contributed by atoms with Crippen LogP contribution in [-0.4, -0.2) is 41.4 Å². The molecule has 0 aliphatic rings. The minimum atomic E-state index is -0.0781. The average Bonchev–Trinajstić information content (AvgIpc) is 2.37. The number of rotatable bonds is 7. The van der Waals surface area contributed by atoms with Crippen LogP contribution in [0, 0.1) is 0 Å². The Kier molecular flexibility index (Phi) is 6.35. The second kappa shape index (κ2) is 7.53. The standard InChI is InChI=1S/C12H21BrN4O/c1-4-7-17-12(18)11(13)10(9-15-17)14-6-8-16(3)5-2/h9,14H,4-8H2,1-3H3. The van der Waals surface area contributed by atoms with E-state index in [0.717, 1.165) is 31.7 Å². The highest BCUT2D eigenvalue weighted by molar-refractivity contribution is 9.10. The number of hydrogen-bond donors (Lipinski definition) is 1. The van der Waals surface area contributed by atoms with E-state index >= 15 is 0 Å². The lowest BCUT2D eigenvalue weighted by molar-refractivity contribution is 0.367. The van der Waals surface area contributed by atoms with Gasteiger partial charge < -0.3 is 10.2 Å². The van der Waals surface area contributed by atoms with Crippen LogP contribution in [0.25, 0.3) is 0 Å². The highest BCUT2D eigenvalue weighted by atomic mass is 79.9. The summed E-state index contributed by atoms with van der Waals surface area (Å²) in [5.41, 5.74) is 0.683. The van der Waals surface area contributed by atoms with Gasteiger partial charge in [0.25, 0.3) is 5.56 Å². The molecule has 1 rings (SSSR count). The van der Waals surface area contributed by atoms with Crippen molar-refractivity contribution in [3.8, 4) is 0 Å². The molecule has 0 fully saturated rings. The predicted octanol–water partition coefficient (Wildman–Crippen LogP) is 1.78. The van der Waals surface area contributed by atoms with Gasteiger partial charge in [0.05, 0.1) is 11.9 Å². The molecular weight excluding hydrogens is 296 g/mol. The van der Waals surface area contributed by atoms with E-state index in [-0.39, 0.29) is 5.56 Å². The van der Waals surface area contributed by atoms with Crippen LogP contribution in [0.3, 0.4) is 0 Å². The van der Waals surface area contributed by atoms with Crippen LogP contribution in [0.5, 0.6) is 0 Å². The Labute approximate surface area is 116 Å². The SMILES string of the molecule is CCCn1ncc(NCCN(C)CC)c(Br)c1=O. The van der Waals surface area contributed by atoms with Crippen molar-refractivity contribution in [3.05, 3.63) is 21.0 Å². The molecule has 0 saturated heterocycles. The van der Waals surface area contributed by atoms with Crippen LogP contribution < -0.4 is 10.9 Å². The second-order valence-corrected chi connectivity index (χ2v) is 5.02. The molecule has 0 aliphatic carbocycles. The molecule has 0 saturated carbocycles. The van der Waals surface area contributed by atoms with Crippen molar-refractivity contribution in [3.63, 3.8) is 0 Å². The van der Waals surface area contributed by atoms with Gasteiger partial charge in [-0.15, -0.1) is 0 Å². The van der Waals surface area contributed by atoms with Crippen LogP contribution >= 0.6 is 15.9 Å². The number of likely N-dealkylation sites (N-methyl/N-ethyl adjacent to an activating group) is 1.